The number of imidazole rings is 1. The molecule has 0 saturated heterocycles. The molecule has 0 amide bonds. The van der Waals surface area contributed by atoms with Crippen LogP contribution in [0.5, 0.6) is 0 Å². The Morgan fingerprint density at radius 1 is 0.358 bits per heavy atom. The molecule has 0 fully saturated rings. The summed E-state index contributed by atoms with van der Waals surface area (Å²) in [4.78, 5) is 16.1. The van der Waals surface area contributed by atoms with Crippen LogP contribution in [-0.2, 0) is 0 Å². The van der Waals surface area contributed by atoms with E-state index < -0.39 is 0 Å². The van der Waals surface area contributed by atoms with Crippen LogP contribution in [-0.4, -0.2) is 28.5 Å². The maximum Gasteiger partial charge on any atom is 0.235 e. The molecule has 0 saturated carbocycles. The Labute approximate surface area is 302 Å². The van der Waals surface area contributed by atoms with Crippen LogP contribution in [0.15, 0.2) is 170 Å². The van der Waals surface area contributed by atoms with E-state index in [1.54, 1.807) is 0 Å². The van der Waals surface area contributed by atoms with Crippen molar-refractivity contribution in [2.45, 2.75) is 0 Å². The first-order valence-electron chi connectivity index (χ1n) is 17.9. The van der Waals surface area contributed by atoms with Crippen LogP contribution in [0.3, 0.4) is 0 Å². The van der Waals surface area contributed by atoms with Crippen molar-refractivity contribution in [3.05, 3.63) is 170 Å². The molecule has 0 unspecified atom stereocenters. The van der Waals surface area contributed by atoms with E-state index in [1.807, 2.05) is 12.1 Å². The lowest BCUT2D eigenvalue weighted by Gasteiger charge is -2.13. The van der Waals surface area contributed by atoms with Gasteiger partial charge in [0.1, 0.15) is 5.65 Å². The molecular formula is C47H28N6. The number of benzene rings is 7. The van der Waals surface area contributed by atoms with Gasteiger partial charge in [0.25, 0.3) is 0 Å². The first-order chi connectivity index (χ1) is 26.3. The minimum absolute atomic E-state index is 0.633. The molecule has 5 aromatic heterocycles. The van der Waals surface area contributed by atoms with E-state index in [-0.39, 0.29) is 0 Å². The number of rotatable bonds is 3. The molecule has 0 bridgehead atoms. The highest BCUT2D eigenvalue weighted by Crippen LogP contribution is 2.43. The van der Waals surface area contributed by atoms with Crippen LogP contribution in [0, 0.1) is 0 Å². The number of para-hydroxylation sites is 4. The van der Waals surface area contributed by atoms with Crippen molar-refractivity contribution in [2.24, 2.45) is 0 Å². The Balaban J connectivity index is 1.32. The summed E-state index contributed by atoms with van der Waals surface area (Å²) in [5.41, 5.74) is 12.4. The molecule has 12 aromatic rings. The molecule has 12 rings (SSSR count). The van der Waals surface area contributed by atoms with Gasteiger partial charge >= 0.3 is 0 Å². The fourth-order valence-corrected chi connectivity index (χ4v) is 8.64. The highest BCUT2D eigenvalue weighted by molar-refractivity contribution is 6.26. The summed E-state index contributed by atoms with van der Waals surface area (Å²) in [6.07, 6.45) is 0. The molecule has 5 heterocycles. The Hall–Kier alpha value is -7.31. The molecule has 0 aliphatic heterocycles. The van der Waals surface area contributed by atoms with E-state index in [0.717, 1.165) is 88.3 Å². The molecule has 0 aliphatic rings. The second kappa shape index (κ2) is 10.6. The van der Waals surface area contributed by atoms with Gasteiger partial charge in [0.2, 0.25) is 5.95 Å². The summed E-state index contributed by atoms with van der Waals surface area (Å²) in [6, 6.07) is 59.8. The quantitative estimate of drug-likeness (QED) is 0.187. The Morgan fingerprint density at radius 3 is 1.77 bits per heavy atom. The first kappa shape index (κ1) is 28.4. The molecule has 0 radical (unpaired) electrons. The van der Waals surface area contributed by atoms with Gasteiger partial charge in [-0.2, -0.15) is 0 Å². The third kappa shape index (κ3) is 3.84. The van der Waals surface area contributed by atoms with Crippen molar-refractivity contribution in [3.8, 4) is 22.9 Å². The molecule has 7 aromatic carbocycles. The second-order valence-corrected chi connectivity index (χ2v) is 13.6. The smallest absolute Gasteiger partial charge is 0.235 e. The third-order valence-electron chi connectivity index (χ3n) is 10.8. The molecule has 0 N–H and O–H groups in total. The Kier molecular flexibility index (Phi) is 5.68. The summed E-state index contributed by atoms with van der Waals surface area (Å²) in [7, 11) is 0. The zero-order chi connectivity index (χ0) is 34.6. The number of hydrogen-bond acceptors (Lipinski definition) is 3. The molecule has 0 atom stereocenters. The lowest BCUT2D eigenvalue weighted by Crippen LogP contribution is -2.04. The monoisotopic (exact) mass is 676 g/mol. The predicted octanol–water partition coefficient (Wildman–Crippen LogP) is 11.4. The van der Waals surface area contributed by atoms with Gasteiger partial charge in [-0.15, -0.1) is 0 Å². The molecule has 6 heteroatoms. The van der Waals surface area contributed by atoms with Crippen molar-refractivity contribution in [3.63, 3.8) is 0 Å². The van der Waals surface area contributed by atoms with Crippen LogP contribution >= 0.6 is 0 Å². The van der Waals surface area contributed by atoms with Crippen LogP contribution < -0.4 is 0 Å². The number of nitrogens with zero attached hydrogens (tertiary/aromatic N) is 6. The number of aromatic nitrogens is 6. The van der Waals surface area contributed by atoms with Crippen molar-refractivity contribution in [1.29, 1.82) is 0 Å². The lowest BCUT2D eigenvalue weighted by molar-refractivity contribution is 1.02. The van der Waals surface area contributed by atoms with E-state index in [1.165, 1.54) is 10.8 Å². The maximum absolute atomic E-state index is 5.43. The summed E-state index contributed by atoms with van der Waals surface area (Å²) in [5.74, 6) is 0.633. The largest absolute Gasteiger partial charge is 0.309 e. The van der Waals surface area contributed by atoms with Crippen molar-refractivity contribution in [2.75, 3.05) is 0 Å². The molecular weight excluding hydrogens is 649 g/mol. The highest BCUT2D eigenvalue weighted by Gasteiger charge is 2.25. The molecule has 0 spiro atoms. The fourth-order valence-electron chi connectivity index (χ4n) is 8.64. The van der Waals surface area contributed by atoms with Crippen molar-refractivity contribution >= 4 is 82.1 Å². The van der Waals surface area contributed by atoms with E-state index in [2.05, 4.69) is 171 Å². The standard InChI is InChI=1S/C47H28N6/c1-3-15-29(16-4-1)42-33-21-9-12-24-36(33)49-47(50-42)52-39-26-14-11-23-35(39)44-43(52)31-19-7-8-20-32(31)46-48-37-27-28-40-41(45(37)53(44)46)34-22-10-13-25-38(34)51(40)30-17-5-2-6-18-30/h1-28H. The van der Waals surface area contributed by atoms with Gasteiger partial charge in [-0.1, -0.05) is 127 Å². The van der Waals surface area contributed by atoms with Gasteiger partial charge in [-0.05, 0) is 42.5 Å². The van der Waals surface area contributed by atoms with Gasteiger partial charge in [0.15, 0.2) is 0 Å². The average molecular weight is 677 g/mol. The van der Waals surface area contributed by atoms with Crippen molar-refractivity contribution < 1.29 is 0 Å². The highest BCUT2D eigenvalue weighted by atomic mass is 15.2. The van der Waals surface area contributed by atoms with Gasteiger partial charge in [0, 0.05) is 43.6 Å². The molecule has 53 heavy (non-hydrogen) atoms. The van der Waals surface area contributed by atoms with Crippen LogP contribution in [0.4, 0.5) is 0 Å². The predicted molar refractivity (Wildman–Crippen MR) is 217 cm³/mol. The summed E-state index contributed by atoms with van der Waals surface area (Å²) >= 11 is 0. The minimum Gasteiger partial charge on any atom is -0.309 e. The van der Waals surface area contributed by atoms with Crippen LogP contribution in [0.1, 0.15) is 0 Å². The maximum atomic E-state index is 5.43. The van der Waals surface area contributed by atoms with E-state index in [9.17, 15) is 0 Å². The van der Waals surface area contributed by atoms with Gasteiger partial charge in [-0.3, -0.25) is 8.97 Å². The Morgan fingerprint density at radius 2 is 0.981 bits per heavy atom. The summed E-state index contributed by atoms with van der Waals surface area (Å²) < 4.78 is 7.05. The molecule has 0 aliphatic carbocycles. The average Bonchev–Trinajstić information content (AvgIpc) is 3.89. The Bertz CT molecular complexity index is 3450. The zero-order valence-corrected chi connectivity index (χ0v) is 28.3. The minimum atomic E-state index is 0.633. The second-order valence-electron chi connectivity index (χ2n) is 13.6. The van der Waals surface area contributed by atoms with E-state index in [4.69, 9.17) is 15.0 Å². The van der Waals surface area contributed by atoms with Gasteiger partial charge < -0.3 is 4.57 Å². The topological polar surface area (TPSA) is 52.9 Å². The summed E-state index contributed by atoms with van der Waals surface area (Å²) in [5, 5.41) is 6.67. The third-order valence-corrected chi connectivity index (χ3v) is 10.8. The number of pyridine rings is 1. The zero-order valence-electron chi connectivity index (χ0n) is 28.3. The van der Waals surface area contributed by atoms with E-state index in [0.29, 0.717) is 5.95 Å². The van der Waals surface area contributed by atoms with Crippen molar-refractivity contribution in [1.82, 2.24) is 28.5 Å². The lowest BCUT2D eigenvalue weighted by atomic mass is 10.1. The van der Waals surface area contributed by atoms with Gasteiger partial charge in [0.05, 0.1) is 49.8 Å². The van der Waals surface area contributed by atoms with Gasteiger partial charge in [-0.25, -0.2) is 15.0 Å². The van der Waals surface area contributed by atoms with Crippen LogP contribution in [0.2, 0.25) is 0 Å². The van der Waals surface area contributed by atoms with E-state index >= 15 is 0 Å². The molecule has 246 valence electrons. The number of fused-ring (bicyclic) bond motifs is 15. The number of hydrogen-bond donors (Lipinski definition) is 0. The normalized spacial score (nSPS) is 12.2. The molecule has 6 nitrogen and oxygen atoms in total. The van der Waals surface area contributed by atoms with Crippen LogP contribution in [0.25, 0.3) is 105 Å². The first-order valence-corrected chi connectivity index (χ1v) is 17.9. The fraction of sp³-hybridized carbons (Fsp3) is 0. The SMILES string of the molecule is c1ccc(-c2nc(-n3c4ccccc4c4c3c3ccccc3c3nc5ccc6c(c7ccccc7n6-c6ccccc6)c5n34)nc3ccccc23)cc1. The summed E-state index contributed by atoms with van der Waals surface area (Å²) in [6.45, 7) is 0.